The molecule has 5 atom stereocenters. The van der Waals surface area contributed by atoms with Crippen molar-refractivity contribution in [2.24, 2.45) is 0 Å². The molecule has 0 saturated carbocycles. The van der Waals surface area contributed by atoms with Crippen molar-refractivity contribution in [1.82, 2.24) is 5.32 Å². The summed E-state index contributed by atoms with van der Waals surface area (Å²) in [5.41, 5.74) is 0.282. The number of aliphatic hydroxyl groups is 3. The molecule has 3 unspecified atom stereocenters. The van der Waals surface area contributed by atoms with Crippen LogP contribution >= 0.6 is 0 Å². The van der Waals surface area contributed by atoms with E-state index in [9.17, 15) is 24.9 Å². The Morgan fingerprint density at radius 2 is 1.93 bits per heavy atom. The Kier molecular flexibility index (Phi) is 9.34. The molecule has 1 aliphatic heterocycles. The van der Waals surface area contributed by atoms with Gasteiger partial charge < -0.3 is 34.8 Å². The lowest BCUT2D eigenvalue weighted by Gasteiger charge is -2.40. The van der Waals surface area contributed by atoms with E-state index in [4.69, 9.17) is 14.7 Å². The van der Waals surface area contributed by atoms with Crippen LogP contribution in [0, 0.1) is 11.3 Å². The van der Waals surface area contributed by atoms with Gasteiger partial charge in [-0.15, -0.1) is 0 Å². The van der Waals surface area contributed by atoms with Crippen LogP contribution in [0.5, 0.6) is 0 Å². The van der Waals surface area contributed by atoms with Crippen LogP contribution in [0.4, 0.5) is 0 Å². The molecular weight excluding hydrogens is 372 g/mol. The summed E-state index contributed by atoms with van der Waals surface area (Å²) >= 11 is 0. The van der Waals surface area contributed by atoms with E-state index < -0.39 is 42.6 Å². The van der Waals surface area contributed by atoms with Crippen LogP contribution in [-0.4, -0.2) is 71.6 Å². The van der Waals surface area contributed by atoms with Gasteiger partial charge in [-0.3, -0.25) is 4.79 Å². The number of esters is 1. The summed E-state index contributed by atoms with van der Waals surface area (Å²) in [7, 11) is 1.24. The minimum atomic E-state index is -1.60. The van der Waals surface area contributed by atoms with Gasteiger partial charge in [-0.25, -0.2) is 4.79 Å². The van der Waals surface area contributed by atoms with Gasteiger partial charge in [0.25, 0.3) is 0 Å². The predicted molar refractivity (Wildman–Crippen MR) is 95.1 cm³/mol. The minimum Gasteiger partial charge on any atom is -0.466 e. The molecule has 4 N–H and O–H groups in total. The first-order valence-electron chi connectivity index (χ1n) is 8.34. The van der Waals surface area contributed by atoms with Crippen LogP contribution in [0.2, 0.25) is 0 Å². The third kappa shape index (κ3) is 6.47. The van der Waals surface area contributed by atoms with Crippen LogP contribution in [0.1, 0.15) is 13.3 Å². The van der Waals surface area contributed by atoms with Gasteiger partial charge in [-0.2, -0.15) is 5.26 Å². The molecular formula is C18H24N2O8. The highest BCUT2D eigenvalue weighted by atomic mass is 16.7. The second-order valence-electron chi connectivity index (χ2n) is 5.89. The molecule has 10 nitrogen and oxygen atoms in total. The molecule has 10 heteroatoms. The Morgan fingerprint density at radius 1 is 1.25 bits per heavy atom. The molecule has 1 heterocycles. The first-order valence-corrected chi connectivity index (χ1v) is 8.34. The molecule has 28 heavy (non-hydrogen) atoms. The second-order valence-corrected chi connectivity index (χ2v) is 5.89. The van der Waals surface area contributed by atoms with E-state index in [0.29, 0.717) is 0 Å². The van der Waals surface area contributed by atoms with Crippen molar-refractivity contribution in [2.75, 3.05) is 13.7 Å². The van der Waals surface area contributed by atoms with Gasteiger partial charge in [-0.05, 0) is 25.2 Å². The quantitative estimate of drug-likeness (QED) is 0.175. The number of nitrogens with one attached hydrogen (secondary N) is 1. The van der Waals surface area contributed by atoms with Crippen molar-refractivity contribution in [2.45, 2.75) is 44.1 Å². The number of ether oxygens (including phenoxy) is 3. The van der Waals surface area contributed by atoms with Crippen LogP contribution in [0.3, 0.4) is 0 Å². The number of nitriles is 1. The Hall–Kier alpha value is -2.71. The Morgan fingerprint density at radius 3 is 2.50 bits per heavy atom. The lowest BCUT2D eigenvalue weighted by molar-refractivity contribution is -0.284. The Balaban J connectivity index is 2.86. The predicted octanol–water partition coefficient (Wildman–Crippen LogP) is -0.970. The monoisotopic (exact) mass is 396 g/mol. The van der Waals surface area contributed by atoms with Gasteiger partial charge in [0.2, 0.25) is 12.2 Å². The number of allylic oxidation sites excluding steroid dienone is 3. The largest absolute Gasteiger partial charge is 0.466 e. The van der Waals surface area contributed by atoms with E-state index in [1.165, 1.54) is 32.3 Å². The summed E-state index contributed by atoms with van der Waals surface area (Å²) in [4.78, 5) is 22.8. The highest BCUT2D eigenvalue weighted by molar-refractivity contribution is 5.87. The fraction of sp³-hybridized carbons (Fsp3) is 0.500. The summed E-state index contributed by atoms with van der Waals surface area (Å²) in [5.74, 6) is -1.00. The summed E-state index contributed by atoms with van der Waals surface area (Å²) in [6.45, 7) is 4.87. The number of carbonyl (C=O) groups excluding carboxylic acids is 2. The van der Waals surface area contributed by atoms with E-state index in [1.807, 2.05) is 0 Å². The van der Waals surface area contributed by atoms with E-state index in [-0.39, 0.29) is 24.3 Å². The zero-order chi connectivity index (χ0) is 21.3. The zero-order valence-electron chi connectivity index (χ0n) is 15.6. The van der Waals surface area contributed by atoms with E-state index in [1.54, 1.807) is 6.07 Å². The van der Waals surface area contributed by atoms with Crippen molar-refractivity contribution < 1.29 is 39.1 Å². The standard InChI is InChI=1S/C18H24N2O8/c1-4-11(6-5-10(2)17(25)26-3)27-18-16(24)15(23)14(22)12(28-18)9-20-13(21)7-8-19/h4-6,12,14-16,18,22-24H,1,7,9H2,2-3H3,(H,20,21)/b10-5+,11-6+/t12?,14-,15?,16?,18+/m1/s1. The molecule has 154 valence electrons. The molecule has 0 aromatic heterocycles. The van der Waals surface area contributed by atoms with Crippen LogP contribution in [-0.2, 0) is 23.8 Å². The van der Waals surface area contributed by atoms with Crippen molar-refractivity contribution in [3.8, 4) is 6.07 Å². The third-order valence-electron chi connectivity index (χ3n) is 3.87. The summed E-state index contributed by atoms with van der Waals surface area (Å²) < 4.78 is 15.5. The van der Waals surface area contributed by atoms with E-state index in [2.05, 4.69) is 16.6 Å². The van der Waals surface area contributed by atoms with Crippen molar-refractivity contribution in [1.29, 1.82) is 5.26 Å². The number of aliphatic hydroxyl groups excluding tert-OH is 3. The normalized spacial score (nSPS) is 28.1. The number of rotatable bonds is 8. The summed E-state index contributed by atoms with van der Waals surface area (Å²) in [6.07, 6.45) is -3.45. The lowest BCUT2D eigenvalue weighted by atomic mass is 9.99. The first-order chi connectivity index (χ1) is 13.2. The summed E-state index contributed by atoms with van der Waals surface area (Å²) in [5, 5.41) is 41.0. The van der Waals surface area contributed by atoms with Crippen molar-refractivity contribution in [3.05, 3.63) is 36.1 Å². The molecule has 1 amide bonds. The maximum atomic E-state index is 11.4. The van der Waals surface area contributed by atoms with Gasteiger partial charge in [0.1, 0.15) is 36.6 Å². The van der Waals surface area contributed by atoms with Gasteiger partial charge in [0, 0.05) is 12.1 Å². The number of nitrogens with zero attached hydrogens (tertiary/aromatic N) is 1. The van der Waals surface area contributed by atoms with Gasteiger partial charge in [0.05, 0.1) is 13.2 Å². The topological polar surface area (TPSA) is 158 Å². The second kappa shape index (κ2) is 11.2. The maximum absolute atomic E-state index is 11.4. The number of amides is 1. The smallest absolute Gasteiger partial charge is 0.333 e. The van der Waals surface area contributed by atoms with Crippen LogP contribution < -0.4 is 5.32 Å². The average Bonchev–Trinajstić information content (AvgIpc) is 2.69. The van der Waals surface area contributed by atoms with Gasteiger partial charge in [-0.1, -0.05) is 6.58 Å². The molecule has 0 spiro atoms. The molecule has 1 saturated heterocycles. The fourth-order valence-electron chi connectivity index (χ4n) is 2.26. The van der Waals surface area contributed by atoms with Gasteiger partial charge in [0.15, 0.2) is 0 Å². The molecule has 1 aliphatic rings. The molecule has 0 aliphatic carbocycles. The van der Waals surface area contributed by atoms with Crippen molar-refractivity contribution in [3.63, 3.8) is 0 Å². The molecule has 0 bridgehead atoms. The lowest BCUT2D eigenvalue weighted by Crippen LogP contribution is -2.60. The van der Waals surface area contributed by atoms with E-state index >= 15 is 0 Å². The van der Waals surface area contributed by atoms with Crippen LogP contribution in [0.15, 0.2) is 36.1 Å². The molecule has 1 rings (SSSR count). The van der Waals surface area contributed by atoms with Gasteiger partial charge >= 0.3 is 5.97 Å². The Labute approximate surface area is 162 Å². The SMILES string of the molecule is C=C/C(=C\C=C(/C)C(=O)OC)O[C@H]1OC(CNC(=O)CC#N)[C@@H](O)C(O)C1O. The van der Waals surface area contributed by atoms with Crippen molar-refractivity contribution >= 4 is 11.9 Å². The molecule has 1 fully saturated rings. The first kappa shape index (κ1) is 23.3. The molecule has 0 aromatic carbocycles. The highest BCUT2D eigenvalue weighted by Gasteiger charge is 2.45. The Bertz CT molecular complexity index is 682. The number of hydrogen-bond donors (Lipinski definition) is 4. The minimum absolute atomic E-state index is 0.114. The third-order valence-corrected chi connectivity index (χ3v) is 3.87. The number of methoxy groups -OCH3 is 1. The fourth-order valence-corrected chi connectivity index (χ4v) is 2.26. The average molecular weight is 396 g/mol. The molecule has 0 radical (unpaired) electrons. The summed E-state index contributed by atoms with van der Waals surface area (Å²) in [6, 6.07) is 1.67. The number of carbonyl (C=O) groups is 2. The van der Waals surface area contributed by atoms with E-state index in [0.717, 1.165) is 0 Å². The maximum Gasteiger partial charge on any atom is 0.333 e. The molecule has 0 aromatic rings. The number of hydrogen-bond acceptors (Lipinski definition) is 9. The van der Waals surface area contributed by atoms with Crippen LogP contribution in [0.25, 0.3) is 0 Å². The highest BCUT2D eigenvalue weighted by Crippen LogP contribution is 2.24. The zero-order valence-corrected chi connectivity index (χ0v) is 15.6.